The van der Waals surface area contributed by atoms with Gasteiger partial charge in [0.2, 0.25) is 0 Å². The number of benzene rings is 1. The summed E-state index contributed by atoms with van der Waals surface area (Å²) in [6.45, 7) is 7.37. The maximum Gasteiger partial charge on any atom is 0.0469 e. The largest absolute Gasteiger partial charge is 0.381 e. The molecule has 20 heavy (non-hydrogen) atoms. The van der Waals surface area contributed by atoms with Gasteiger partial charge in [0.25, 0.3) is 0 Å². The summed E-state index contributed by atoms with van der Waals surface area (Å²) in [5, 5.41) is 3.73. The molecule has 2 atom stereocenters. The molecule has 2 nitrogen and oxygen atoms in total. The fourth-order valence-electron chi connectivity index (χ4n) is 3.11. The van der Waals surface area contributed by atoms with E-state index in [0.717, 1.165) is 19.8 Å². The third-order valence-corrected chi connectivity index (χ3v) is 4.23. The highest BCUT2D eigenvalue weighted by molar-refractivity contribution is 5.35. The van der Waals surface area contributed by atoms with Crippen molar-refractivity contribution in [2.45, 2.75) is 52.0 Å². The molecule has 0 amide bonds. The first-order chi connectivity index (χ1) is 9.86. The van der Waals surface area contributed by atoms with Crippen LogP contribution in [0.2, 0.25) is 0 Å². The zero-order valence-electron chi connectivity index (χ0n) is 13.0. The smallest absolute Gasteiger partial charge is 0.0469 e. The quantitative estimate of drug-likeness (QED) is 0.685. The summed E-state index contributed by atoms with van der Waals surface area (Å²) in [5.41, 5.74) is 3.04. The first-order valence-corrected chi connectivity index (χ1v) is 8.25. The molecule has 1 aromatic rings. The van der Waals surface area contributed by atoms with Crippen LogP contribution < -0.4 is 5.32 Å². The van der Waals surface area contributed by atoms with Gasteiger partial charge in [0.1, 0.15) is 0 Å². The van der Waals surface area contributed by atoms with Crippen LogP contribution in [-0.2, 0) is 11.2 Å². The number of ether oxygens (including phenoxy) is 1. The molecule has 0 aromatic heterocycles. The van der Waals surface area contributed by atoms with Crippen LogP contribution in [0.3, 0.4) is 0 Å². The standard InChI is InChI=1S/C18H29NO/c1-3-5-12-20-13-10-16-14-15-8-6-7-9-17(15)18(16)19-11-4-2/h6-9,16,18-19H,3-5,10-14H2,1-2H3. The van der Waals surface area contributed by atoms with Crippen LogP contribution in [0.4, 0.5) is 0 Å². The summed E-state index contributed by atoms with van der Waals surface area (Å²) in [7, 11) is 0. The molecule has 0 radical (unpaired) electrons. The van der Waals surface area contributed by atoms with Crippen LogP contribution in [-0.4, -0.2) is 19.8 Å². The van der Waals surface area contributed by atoms with Crippen molar-refractivity contribution in [2.24, 2.45) is 5.92 Å². The first-order valence-electron chi connectivity index (χ1n) is 8.25. The third-order valence-electron chi connectivity index (χ3n) is 4.23. The number of rotatable bonds is 9. The van der Waals surface area contributed by atoms with Crippen molar-refractivity contribution >= 4 is 0 Å². The fourth-order valence-corrected chi connectivity index (χ4v) is 3.11. The van der Waals surface area contributed by atoms with E-state index in [-0.39, 0.29) is 0 Å². The van der Waals surface area contributed by atoms with Crippen LogP contribution in [0.25, 0.3) is 0 Å². The zero-order chi connectivity index (χ0) is 14.2. The molecule has 0 heterocycles. The first kappa shape index (κ1) is 15.5. The van der Waals surface area contributed by atoms with E-state index in [1.165, 1.54) is 43.2 Å². The van der Waals surface area contributed by atoms with Crippen molar-refractivity contribution in [2.75, 3.05) is 19.8 Å². The summed E-state index contributed by atoms with van der Waals surface area (Å²) in [5.74, 6) is 0.695. The molecular weight excluding hydrogens is 246 g/mol. The summed E-state index contributed by atoms with van der Waals surface area (Å²) in [6.07, 6.45) is 5.96. The second-order valence-electron chi connectivity index (χ2n) is 5.85. The molecule has 0 aliphatic heterocycles. The van der Waals surface area contributed by atoms with Crippen LogP contribution in [0.5, 0.6) is 0 Å². The number of unbranched alkanes of at least 4 members (excludes halogenated alkanes) is 1. The van der Waals surface area contributed by atoms with Gasteiger partial charge in [-0.15, -0.1) is 0 Å². The fraction of sp³-hybridized carbons (Fsp3) is 0.667. The Balaban J connectivity index is 1.88. The molecule has 1 aliphatic rings. The van der Waals surface area contributed by atoms with Crippen molar-refractivity contribution in [3.63, 3.8) is 0 Å². The van der Waals surface area contributed by atoms with E-state index < -0.39 is 0 Å². The van der Waals surface area contributed by atoms with Gasteiger partial charge < -0.3 is 10.1 Å². The SMILES string of the molecule is CCCCOCCC1Cc2ccccc2C1NCCC. The summed E-state index contributed by atoms with van der Waals surface area (Å²) < 4.78 is 5.76. The lowest BCUT2D eigenvalue weighted by molar-refractivity contribution is 0.113. The number of hydrogen-bond acceptors (Lipinski definition) is 2. The zero-order valence-corrected chi connectivity index (χ0v) is 13.0. The van der Waals surface area contributed by atoms with Crippen molar-refractivity contribution in [3.8, 4) is 0 Å². The number of hydrogen-bond donors (Lipinski definition) is 1. The lowest BCUT2D eigenvalue weighted by Gasteiger charge is -2.22. The summed E-state index contributed by atoms with van der Waals surface area (Å²) in [6, 6.07) is 9.44. The summed E-state index contributed by atoms with van der Waals surface area (Å²) in [4.78, 5) is 0. The Morgan fingerprint density at radius 1 is 1.15 bits per heavy atom. The van der Waals surface area contributed by atoms with Gasteiger partial charge in [-0.25, -0.2) is 0 Å². The van der Waals surface area contributed by atoms with Crippen LogP contribution in [0.1, 0.15) is 56.7 Å². The lowest BCUT2D eigenvalue weighted by atomic mass is 9.97. The van der Waals surface area contributed by atoms with E-state index in [9.17, 15) is 0 Å². The Bertz CT molecular complexity index is 391. The summed E-state index contributed by atoms with van der Waals surface area (Å²) >= 11 is 0. The van der Waals surface area contributed by atoms with Gasteiger partial charge in [0.15, 0.2) is 0 Å². The minimum absolute atomic E-state index is 0.529. The van der Waals surface area contributed by atoms with Gasteiger partial charge in [-0.3, -0.25) is 0 Å². The van der Waals surface area contributed by atoms with E-state index in [2.05, 4.69) is 43.4 Å². The Labute approximate surface area is 123 Å². The Hall–Kier alpha value is -0.860. The van der Waals surface area contributed by atoms with Gasteiger partial charge in [-0.1, -0.05) is 44.5 Å². The van der Waals surface area contributed by atoms with E-state index in [0.29, 0.717) is 12.0 Å². The molecule has 2 heteroatoms. The Morgan fingerprint density at radius 2 is 2.00 bits per heavy atom. The third kappa shape index (κ3) is 4.07. The average molecular weight is 275 g/mol. The van der Waals surface area contributed by atoms with E-state index in [1.807, 2.05) is 0 Å². The second-order valence-corrected chi connectivity index (χ2v) is 5.85. The molecular formula is C18H29NO. The lowest BCUT2D eigenvalue weighted by Crippen LogP contribution is -2.27. The Morgan fingerprint density at radius 3 is 2.80 bits per heavy atom. The van der Waals surface area contributed by atoms with E-state index >= 15 is 0 Å². The molecule has 0 spiro atoms. The number of fused-ring (bicyclic) bond motifs is 1. The molecule has 0 bridgehead atoms. The molecule has 112 valence electrons. The monoisotopic (exact) mass is 275 g/mol. The van der Waals surface area contributed by atoms with Crippen LogP contribution in [0.15, 0.2) is 24.3 Å². The molecule has 0 saturated carbocycles. The van der Waals surface area contributed by atoms with Gasteiger partial charge in [0.05, 0.1) is 0 Å². The van der Waals surface area contributed by atoms with Gasteiger partial charge >= 0.3 is 0 Å². The van der Waals surface area contributed by atoms with Crippen molar-refractivity contribution in [3.05, 3.63) is 35.4 Å². The molecule has 1 aliphatic carbocycles. The van der Waals surface area contributed by atoms with Gasteiger partial charge in [-0.05, 0) is 49.3 Å². The van der Waals surface area contributed by atoms with Gasteiger partial charge in [0, 0.05) is 19.3 Å². The maximum atomic E-state index is 5.76. The predicted octanol–water partition coefficient (Wildman–Crippen LogP) is 4.11. The van der Waals surface area contributed by atoms with Crippen LogP contribution in [0, 0.1) is 5.92 Å². The average Bonchev–Trinajstić information content (AvgIpc) is 2.82. The molecule has 0 fully saturated rings. The molecule has 1 aromatic carbocycles. The Kier molecular flexibility index (Phi) is 6.55. The highest BCUT2D eigenvalue weighted by Crippen LogP contribution is 2.37. The van der Waals surface area contributed by atoms with Crippen LogP contribution >= 0.6 is 0 Å². The van der Waals surface area contributed by atoms with E-state index in [4.69, 9.17) is 4.74 Å². The number of nitrogens with one attached hydrogen (secondary N) is 1. The topological polar surface area (TPSA) is 21.3 Å². The highest BCUT2D eigenvalue weighted by atomic mass is 16.5. The molecule has 0 saturated heterocycles. The molecule has 2 unspecified atom stereocenters. The van der Waals surface area contributed by atoms with E-state index in [1.54, 1.807) is 0 Å². The molecule has 2 rings (SSSR count). The van der Waals surface area contributed by atoms with Gasteiger partial charge in [-0.2, -0.15) is 0 Å². The predicted molar refractivity (Wildman–Crippen MR) is 85.0 cm³/mol. The maximum absolute atomic E-state index is 5.76. The minimum Gasteiger partial charge on any atom is -0.381 e. The van der Waals surface area contributed by atoms with Crippen molar-refractivity contribution < 1.29 is 4.74 Å². The van der Waals surface area contributed by atoms with Crippen molar-refractivity contribution in [1.82, 2.24) is 5.32 Å². The van der Waals surface area contributed by atoms with Crippen molar-refractivity contribution in [1.29, 1.82) is 0 Å². The minimum atomic E-state index is 0.529. The second kappa shape index (κ2) is 8.43. The highest BCUT2D eigenvalue weighted by Gasteiger charge is 2.31. The normalized spacial score (nSPS) is 21.1. The molecule has 1 N–H and O–H groups in total.